The second-order valence-corrected chi connectivity index (χ2v) is 3.33. The lowest BCUT2D eigenvalue weighted by Crippen LogP contribution is -2.38. The van der Waals surface area contributed by atoms with E-state index in [1.54, 1.807) is 6.92 Å². The topological polar surface area (TPSA) is 55.1 Å². The molecule has 0 radical (unpaired) electrons. The Morgan fingerprint density at radius 2 is 1.94 bits per heavy atom. The standard InChI is InChI=1S/C10H11F3N2O.ClH/c1-5(4-14)15-10(16)6-2-3-7(11)9(13)8(6)12;/h2-3,5H,4,14H2,1H3,(H,15,16);1H/t5-;/m0./s1. The normalized spacial score (nSPS) is 11.6. The van der Waals surface area contributed by atoms with Crippen molar-refractivity contribution < 1.29 is 18.0 Å². The van der Waals surface area contributed by atoms with Crippen LogP contribution in [0.4, 0.5) is 13.2 Å². The Hall–Kier alpha value is -1.27. The summed E-state index contributed by atoms with van der Waals surface area (Å²) in [4.78, 5) is 11.4. The molecule has 0 aliphatic carbocycles. The summed E-state index contributed by atoms with van der Waals surface area (Å²) in [5.41, 5.74) is 4.71. The van der Waals surface area contributed by atoms with Crippen molar-refractivity contribution in [2.75, 3.05) is 6.54 Å². The molecule has 0 aliphatic heterocycles. The fourth-order valence-corrected chi connectivity index (χ4v) is 1.06. The lowest BCUT2D eigenvalue weighted by molar-refractivity contribution is 0.0936. The van der Waals surface area contributed by atoms with E-state index in [2.05, 4.69) is 5.32 Å². The quantitative estimate of drug-likeness (QED) is 0.818. The van der Waals surface area contributed by atoms with Gasteiger partial charge >= 0.3 is 0 Å². The third-order valence-corrected chi connectivity index (χ3v) is 2.01. The molecule has 0 aromatic heterocycles. The van der Waals surface area contributed by atoms with Gasteiger partial charge in [-0.25, -0.2) is 13.2 Å². The molecule has 0 unspecified atom stereocenters. The summed E-state index contributed by atoms with van der Waals surface area (Å²) in [6, 6.07) is 1.20. The molecule has 3 nitrogen and oxygen atoms in total. The van der Waals surface area contributed by atoms with Crippen molar-refractivity contribution in [2.45, 2.75) is 13.0 Å². The summed E-state index contributed by atoms with van der Waals surface area (Å²) >= 11 is 0. The minimum Gasteiger partial charge on any atom is -0.348 e. The molecule has 0 bridgehead atoms. The molecule has 17 heavy (non-hydrogen) atoms. The molecule has 1 rings (SSSR count). The van der Waals surface area contributed by atoms with Gasteiger partial charge in [0.1, 0.15) is 0 Å². The highest BCUT2D eigenvalue weighted by Gasteiger charge is 2.19. The van der Waals surface area contributed by atoms with Crippen LogP contribution in [0.3, 0.4) is 0 Å². The number of carbonyl (C=O) groups excluding carboxylic acids is 1. The molecule has 0 heterocycles. The maximum absolute atomic E-state index is 13.2. The molecule has 0 spiro atoms. The molecule has 1 amide bonds. The largest absolute Gasteiger partial charge is 0.348 e. The summed E-state index contributed by atoms with van der Waals surface area (Å²) in [5.74, 6) is -5.31. The first-order chi connectivity index (χ1) is 7.47. The van der Waals surface area contributed by atoms with E-state index >= 15 is 0 Å². The molecular formula is C10H12ClF3N2O. The number of carbonyl (C=O) groups is 1. The van der Waals surface area contributed by atoms with Crippen molar-refractivity contribution in [1.82, 2.24) is 5.32 Å². The lowest BCUT2D eigenvalue weighted by Gasteiger charge is -2.11. The fourth-order valence-electron chi connectivity index (χ4n) is 1.06. The maximum Gasteiger partial charge on any atom is 0.254 e. The third-order valence-electron chi connectivity index (χ3n) is 2.01. The molecule has 0 saturated carbocycles. The van der Waals surface area contributed by atoms with Gasteiger partial charge in [0.25, 0.3) is 5.91 Å². The van der Waals surface area contributed by atoms with E-state index in [1.807, 2.05) is 0 Å². The monoisotopic (exact) mass is 268 g/mol. The Bertz CT molecular complexity index is 415. The van der Waals surface area contributed by atoms with Crippen molar-refractivity contribution >= 4 is 18.3 Å². The summed E-state index contributed by atoms with van der Waals surface area (Å²) in [6.45, 7) is 1.77. The number of halogens is 4. The highest BCUT2D eigenvalue weighted by Crippen LogP contribution is 2.15. The van der Waals surface area contributed by atoms with Gasteiger partial charge in [0.2, 0.25) is 0 Å². The number of nitrogens with two attached hydrogens (primary N) is 1. The number of benzene rings is 1. The van der Waals surface area contributed by atoms with Gasteiger partial charge in [0.05, 0.1) is 5.56 Å². The minimum atomic E-state index is -1.66. The van der Waals surface area contributed by atoms with Crippen molar-refractivity contribution in [1.29, 1.82) is 0 Å². The van der Waals surface area contributed by atoms with E-state index in [0.29, 0.717) is 6.07 Å². The Kier molecular flexibility index (Phi) is 5.98. The first-order valence-electron chi connectivity index (χ1n) is 4.61. The number of hydrogen-bond acceptors (Lipinski definition) is 2. The summed E-state index contributed by atoms with van der Waals surface area (Å²) in [5, 5.41) is 2.34. The predicted octanol–water partition coefficient (Wildman–Crippen LogP) is 1.60. The van der Waals surface area contributed by atoms with E-state index in [1.165, 1.54) is 0 Å². The molecule has 96 valence electrons. The molecule has 3 N–H and O–H groups in total. The Labute approximate surface area is 103 Å². The molecule has 1 aromatic rings. The molecule has 1 aromatic carbocycles. The molecule has 7 heteroatoms. The van der Waals surface area contributed by atoms with E-state index in [9.17, 15) is 18.0 Å². The van der Waals surface area contributed by atoms with Crippen molar-refractivity contribution in [3.05, 3.63) is 35.1 Å². The van der Waals surface area contributed by atoms with Crippen LogP contribution in [-0.2, 0) is 0 Å². The smallest absolute Gasteiger partial charge is 0.254 e. The van der Waals surface area contributed by atoms with Gasteiger partial charge in [-0.05, 0) is 19.1 Å². The number of hydrogen-bond donors (Lipinski definition) is 2. The zero-order valence-corrected chi connectivity index (χ0v) is 9.78. The highest BCUT2D eigenvalue weighted by molar-refractivity contribution is 5.94. The van der Waals surface area contributed by atoms with E-state index in [4.69, 9.17) is 5.73 Å². The zero-order chi connectivity index (χ0) is 12.3. The van der Waals surface area contributed by atoms with Crippen LogP contribution in [0, 0.1) is 17.5 Å². The SMILES string of the molecule is C[C@@H](CN)NC(=O)c1ccc(F)c(F)c1F.Cl. The van der Waals surface area contributed by atoms with Gasteiger partial charge in [0, 0.05) is 12.6 Å². The lowest BCUT2D eigenvalue weighted by atomic mass is 10.1. The van der Waals surface area contributed by atoms with Crippen molar-refractivity contribution in [3.63, 3.8) is 0 Å². The Morgan fingerprint density at radius 1 is 1.35 bits per heavy atom. The number of rotatable bonds is 3. The number of amides is 1. The highest BCUT2D eigenvalue weighted by atomic mass is 35.5. The third kappa shape index (κ3) is 3.61. The van der Waals surface area contributed by atoms with Crippen LogP contribution in [0.5, 0.6) is 0 Å². The van der Waals surface area contributed by atoms with E-state index < -0.39 is 28.9 Å². The van der Waals surface area contributed by atoms with Crippen LogP contribution in [0.25, 0.3) is 0 Å². The van der Waals surface area contributed by atoms with E-state index in [-0.39, 0.29) is 25.0 Å². The van der Waals surface area contributed by atoms with Gasteiger partial charge < -0.3 is 11.1 Å². The van der Waals surface area contributed by atoms with Crippen LogP contribution in [0.1, 0.15) is 17.3 Å². The zero-order valence-electron chi connectivity index (χ0n) is 8.97. The Balaban J connectivity index is 0.00000256. The van der Waals surface area contributed by atoms with Gasteiger partial charge in [-0.3, -0.25) is 4.79 Å². The fraction of sp³-hybridized carbons (Fsp3) is 0.300. The summed E-state index contributed by atoms with van der Waals surface area (Å²) in [7, 11) is 0. The second-order valence-electron chi connectivity index (χ2n) is 3.33. The van der Waals surface area contributed by atoms with Crippen LogP contribution >= 0.6 is 12.4 Å². The molecular weight excluding hydrogens is 257 g/mol. The average molecular weight is 269 g/mol. The molecule has 0 aliphatic rings. The van der Waals surface area contributed by atoms with Crippen LogP contribution in [0.15, 0.2) is 12.1 Å². The second kappa shape index (κ2) is 6.46. The summed E-state index contributed by atoms with van der Waals surface area (Å²) < 4.78 is 38.6. The molecule has 0 fully saturated rings. The van der Waals surface area contributed by atoms with E-state index in [0.717, 1.165) is 6.07 Å². The van der Waals surface area contributed by atoms with Crippen LogP contribution < -0.4 is 11.1 Å². The van der Waals surface area contributed by atoms with Crippen molar-refractivity contribution in [3.8, 4) is 0 Å². The first-order valence-corrected chi connectivity index (χ1v) is 4.61. The molecule has 0 saturated heterocycles. The van der Waals surface area contributed by atoms with Gasteiger partial charge in [-0.2, -0.15) is 0 Å². The van der Waals surface area contributed by atoms with Gasteiger partial charge in [-0.15, -0.1) is 12.4 Å². The predicted molar refractivity (Wildman–Crippen MR) is 59.5 cm³/mol. The van der Waals surface area contributed by atoms with Crippen LogP contribution in [-0.4, -0.2) is 18.5 Å². The Morgan fingerprint density at radius 3 is 2.47 bits per heavy atom. The maximum atomic E-state index is 13.2. The van der Waals surface area contributed by atoms with Gasteiger partial charge in [0.15, 0.2) is 17.5 Å². The van der Waals surface area contributed by atoms with Crippen molar-refractivity contribution in [2.24, 2.45) is 5.73 Å². The molecule has 1 atom stereocenters. The average Bonchev–Trinajstić information content (AvgIpc) is 2.25. The van der Waals surface area contributed by atoms with Gasteiger partial charge in [-0.1, -0.05) is 0 Å². The summed E-state index contributed by atoms with van der Waals surface area (Å²) in [6.07, 6.45) is 0. The van der Waals surface area contributed by atoms with Crippen LogP contribution in [0.2, 0.25) is 0 Å². The number of nitrogens with one attached hydrogen (secondary N) is 1. The minimum absolute atomic E-state index is 0. The first kappa shape index (κ1) is 15.7.